The Labute approximate surface area is 462 Å². The minimum absolute atomic E-state index is 0.0180. The van der Waals surface area contributed by atoms with Gasteiger partial charge in [-0.1, -0.05) is 70.2 Å². The minimum Gasteiger partial charge on any atom is -0.508 e. The second kappa shape index (κ2) is 35.1. The zero-order valence-electron chi connectivity index (χ0n) is 44.9. The number of nitrogens with zero attached hydrogens (tertiary/aromatic N) is 1. The molecule has 0 aliphatic carbocycles. The van der Waals surface area contributed by atoms with Crippen LogP contribution in [0.15, 0.2) is 59.6 Å². The van der Waals surface area contributed by atoms with Gasteiger partial charge >= 0.3 is 11.9 Å². The van der Waals surface area contributed by atoms with Crippen LogP contribution in [0.1, 0.15) is 77.3 Å². The maximum Gasteiger partial charge on any atom is 0.326 e. The second-order valence-electron chi connectivity index (χ2n) is 19.3. The molecule has 2 aromatic carbocycles. The fraction of sp³-hybridized carbons (Fsp3) is 0.549. The maximum absolute atomic E-state index is 14.1. The molecule has 0 radical (unpaired) electrons. The van der Waals surface area contributed by atoms with Gasteiger partial charge in [-0.2, -0.15) is 11.8 Å². The molecule has 0 aliphatic heterocycles. The molecule has 0 aromatic heterocycles. The Balaban J connectivity index is 2.35. The lowest BCUT2D eigenvalue weighted by Gasteiger charge is -2.28. The highest BCUT2D eigenvalue weighted by Gasteiger charge is 2.36. The van der Waals surface area contributed by atoms with Crippen molar-refractivity contribution in [3.8, 4) is 5.75 Å². The fourth-order valence-corrected chi connectivity index (χ4v) is 8.09. The predicted octanol–water partition coefficient (Wildman–Crippen LogP) is -3.17. The first kappa shape index (κ1) is 67.5. The van der Waals surface area contributed by atoms with E-state index in [4.69, 9.17) is 17.2 Å². The topological polar surface area (TPSA) is 459 Å². The van der Waals surface area contributed by atoms with Crippen LogP contribution in [-0.4, -0.2) is 177 Å². The number of carbonyl (C=O) groups excluding carboxylic acids is 8. The Kier molecular flexibility index (Phi) is 30.0. The van der Waals surface area contributed by atoms with Crippen molar-refractivity contribution in [2.75, 3.05) is 31.8 Å². The molecule has 0 saturated carbocycles. The van der Waals surface area contributed by atoms with E-state index in [0.717, 1.165) is 0 Å². The number of hydrogen-bond donors (Lipinski definition) is 16. The van der Waals surface area contributed by atoms with Crippen molar-refractivity contribution in [3.05, 3.63) is 65.7 Å². The van der Waals surface area contributed by atoms with E-state index in [1.807, 2.05) is 0 Å². The molecule has 0 saturated heterocycles. The van der Waals surface area contributed by atoms with Crippen molar-refractivity contribution in [1.82, 2.24) is 42.5 Å². The molecule has 0 bridgehead atoms. The minimum atomic E-state index is -1.80. The number of thioether (sulfide) groups is 1. The van der Waals surface area contributed by atoms with Crippen LogP contribution in [0.25, 0.3) is 0 Å². The summed E-state index contributed by atoms with van der Waals surface area (Å²) in [6, 6.07) is 0.863. The van der Waals surface area contributed by atoms with Gasteiger partial charge in [-0.15, -0.1) is 0 Å². The molecular formula is C51H78N12O15S. The van der Waals surface area contributed by atoms with Crippen molar-refractivity contribution in [1.29, 1.82) is 0 Å². The Bertz CT molecular complexity index is 2380. The lowest BCUT2D eigenvalue weighted by Crippen LogP contribution is -2.62. The number of aliphatic carboxylic acids is 2. The number of guanidine groups is 1. The maximum atomic E-state index is 14.1. The summed E-state index contributed by atoms with van der Waals surface area (Å²) < 4.78 is 0. The van der Waals surface area contributed by atoms with Crippen molar-refractivity contribution in [2.24, 2.45) is 34.0 Å². The summed E-state index contributed by atoms with van der Waals surface area (Å²) in [4.78, 5) is 137. The number of phenolic OH excluding ortho intramolecular Hbond substituents is 1. The van der Waals surface area contributed by atoms with Gasteiger partial charge in [0.05, 0.1) is 19.3 Å². The summed E-state index contributed by atoms with van der Waals surface area (Å²) >= 11 is 1.34. The largest absolute Gasteiger partial charge is 0.508 e. The number of nitrogens with one attached hydrogen (secondary N) is 8. The summed E-state index contributed by atoms with van der Waals surface area (Å²) in [7, 11) is 0. The lowest BCUT2D eigenvalue weighted by atomic mass is 9.99. The van der Waals surface area contributed by atoms with Crippen LogP contribution in [0.5, 0.6) is 5.75 Å². The fourth-order valence-electron chi connectivity index (χ4n) is 7.62. The van der Waals surface area contributed by atoms with Crippen molar-refractivity contribution in [2.45, 2.75) is 133 Å². The summed E-state index contributed by atoms with van der Waals surface area (Å²) in [5.41, 5.74) is 18.1. The van der Waals surface area contributed by atoms with E-state index in [9.17, 15) is 73.5 Å². The molecule has 438 valence electrons. The molecule has 0 spiro atoms. The normalized spacial score (nSPS) is 14.5. The van der Waals surface area contributed by atoms with Gasteiger partial charge in [-0.25, -0.2) is 4.79 Å². The van der Waals surface area contributed by atoms with Crippen LogP contribution in [0.2, 0.25) is 0 Å². The number of phenols is 1. The lowest BCUT2D eigenvalue weighted by molar-refractivity contribution is -0.142. The predicted molar refractivity (Wildman–Crippen MR) is 291 cm³/mol. The van der Waals surface area contributed by atoms with Crippen LogP contribution < -0.4 is 59.7 Å². The number of aromatic hydroxyl groups is 1. The Morgan fingerprint density at radius 2 is 1.03 bits per heavy atom. The number of rotatable bonds is 36. The molecule has 79 heavy (non-hydrogen) atoms. The van der Waals surface area contributed by atoms with E-state index in [-0.39, 0.29) is 62.7 Å². The molecule has 28 heteroatoms. The highest BCUT2D eigenvalue weighted by atomic mass is 32.2. The Morgan fingerprint density at radius 1 is 0.557 bits per heavy atom. The second-order valence-corrected chi connectivity index (χ2v) is 20.3. The Hall–Kier alpha value is -7.56. The van der Waals surface area contributed by atoms with Crippen LogP contribution in [0.4, 0.5) is 0 Å². The van der Waals surface area contributed by atoms with E-state index in [0.29, 0.717) is 16.9 Å². The van der Waals surface area contributed by atoms with Crippen LogP contribution in [0.3, 0.4) is 0 Å². The van der Waals surface area contributed by atoms with Crippen LogP contribution in [-0.2, 0) is 60.8 Å². The van der Waals surface area contributed by atoms with Crippen molar-refractivity contribution >= 4 is 76.9 Å². The van der Waals surface area contributed by atoms with E-state index < -0.39 is 146 Å². The van der Waals surface area contributed by atoms with Gasteiger partial charge in [0.15, 0.2) is 5.96 Å². The third-order valence-electron chi connectivity index (χ3n) is 11.9. The van der Waals surface area contributed by atoms with Gasteiger partial charge in [-0.05, 0) is 85.6 Å². The number of aliphatic hydroxyl groups is 2. The number of benzene rings is 2. The summed E-state index contributed by atoms with van der Waals surface area (Å²) in [5, 5.41) is 69.1. The first-order valence-electron chi connectivity index (χ1n) is 25.5. The van der Waals surface area contributed by atoms with Gasteiger partial charge in [0, 0.05) is 19.4 Å². The number of nitrogens with two attached hydrogens (primary N) is 3. The highest BCUT2D eigenvalue weighted by molar-refractivity contribution is 7.98. The van der Waals surface area contributed by atoms with Gasteiger partial charge in [0.2, 0.25) is 47.3 Å². The first-order valence-corrected chi connectivity index (χ1v) is 26.9. The number of carboxylic acid groups (broad SMARTS) is 2. The molecule has 0 heterocycles. The quantitative estimate of drug-likeness (QED) is 0.0182. The molecule has 0 fully saturated rings. The van der Waals surface area contributed by atoms with E-state index >= 15 is 0 Å². The smallest absolute Gasteiger partial charge is 0.326 e. The molecule has 2 aromatic rings. The standard InChI is InChI=1S/C51H78N12O15S/c1-27(2)22-36(59-42(69)32(52)23-30-13-15-31(66)16-14-30)46(73)63-41(28(3)4)49(76)62-39(26-65)48(75)57-34(17-18-40(67)68)44(71)60-37(24-29-10-7-6-8-11-29)45(72)61-38(25-64)47(74)56-33(12-9-20-55-51(53)54)43(70)58-35(50(77)78)19-21-79-5/h6-8,10-11,13-16,27-28,32-39,41,64-66H,9,12,17-26,52H2,1-5H3,(H,56,74)(H,57,75)(H,58,70)(H,59,69)(H,60,71)(H,61,72)(H,62,76)(H,63,73)(H,67,68)(H,77,78)(H4,53,54,55)/t32-,33-,34-,35-,36-,37-,38-,39-,41-/m0/s1. The van der Waals surface area contributed by atoms with Gasteiger partial charge in [0.25, 0.3) is 0 Å². The number of hydrogen-bond acceptors (Lipinski definition) is 16. The average molecular weight is 1130 g/mol. The molecular weight excluding hydrogens is 1050 g/mol. The van der Waals surface area contributed by atoms with Gasteiger partial charge < -0.3 is 85.3 Å². The van der Waals surface area contributed by atoms with E-state index in [1.165, 1.54) is 23.9 Å². The molecule has 8 amide bonds. The van der Waals surface area contributed by atoms with Crippen LogP contribution in [0, 0.1) is 11.8 Å². The summed E-state index contributed by atoms with van der Waals surface area (Å²) in [6.45, 7) is 4.67. The monoisotopic (exact) mass is 1130 g/mol. The van der Waals surface area contributed by atoms with E-state index in [2.05, 4.69) is 47.5 Å². The zero-order chi connectivity index (χ0) is 59.4. The summed E-state index contributed by atoms with van der Waals surface area (Å²) in [5.74, 6) is -11.1. The number of aliphatic imine (C=N–C) groups is 1. The SMILES string of the molecule is CSCC[C@H](NC(=O)[C@H](CCCN=C(N)N)NC(=O)[C@H](CO)NC(=O)[C@H](Cc1ccccc1)NC(=O)[C@H](CCC(=O)O)NC(=O)[C@H](CO)NC(=O)[C@@H](NC(=O)[C@H](CC(C)C)NC(=O)[C@@H](N)Cc1ccc(O)cc1)C(C)C)C(=O)O. The number of aliphatic hydroxyl groups excluding tert-OH is 2. The molecule has 27 nitrogen and oxygen atoms in total. The van der Waals surface area contributed by atoms with Crippen LogP contribution >= 0.6 is 11.8 Å². The number of carboxylic acids is 2. The molecule has 2 rings (SSSR count). The molecule has 0 aliphatic rings. The van der Waals surface area contributed by atoms with Gasteiger partial charge in [-0.3, -0.25) is 48.1 Å². The molecule has 19 N–H and O–H groups in total. The third kappa shape index (κ3) is 25.2. The number of amides is 8. The average Bonchev–Trinajstić information content (AvgIpc) is 3.39. The zero-order valence-corrected chi connectivity index (χ0v) is 45.8. The Morgan fingerprint density at radius 3 is 1.53 bits per heavy atom. The highest BCUT2D eigenvalue weighted by Crippen LogP contribution is 2.14. The number of carbonyl (C=O) groups is 10. The molecule has 9 atom stereocenters. The van der Waals surface area contributed by atoms with Crippen molar-refractivity contribution in [3.63, 3.8) is 0 Å². The third-order valence-corrected chi connectivity index (χ3v) is 12.6. The first-order chi connectivity index (χ1) is 37.3. The molecule has 0 unspecified atom stereocenters. The van der Waals surface area contributed by atoms with Crippen molar-refractivity contribution < 1.29 is 73.5 Å². The van der Waals surface area contributed by atoms with Gasteiger partial charge in [0.1, 0.15) is 54.1 Å². The van der Waals surface area contributed by atoms with E-state index in [1.54, 1.807) is 76.4 Å². The summed E-state index contributed by atoms with van der Waals surface area (Å²) in [6.07, 6.45) is 0.424.